The second-order valence-corrected chi connectivity index (χ2v) is 8.62. The summed E-state index contributed by atoms with van der Waals surface area (Å²) in [7, 11) is -4.33. The third-order valence-corrected chi connectivity index (χ3v) is 5.71. The second kappa shape index (κ2) is 6.70. The van der Waals surface area contributed by atoms with Crippen molar-refractivity contribution in [3.8, 4) is 11.5 Å². The van der Waals surface area contributed by atoms with E-state index in [0.717, 1.165) is 6.26 Å². The molecule has 2 aromatic carbocycles. The van der Waals surface area contributed by atoms with Gasteiger partial charge in [-0.3, -0.25) is 4.72 Å². The number of sulfone groups is 1. The van der Waals surface area contributed by atoms with Gasteiger partial charge >= 0.3 is 0 Å². The highest BCUT2D eigenvalue weighted by Gasteiger charge is 2.17. The van der Waals surface area contributed by atoms with Gasteiger partial charge in [-0.1, -0.05) is 0 Å². The molecule has 0 aromatic heterocycles. The van der Waals surface area contributed by atoms with Crippen LogP contribution in [0, 0.1) is 0 Å². The number of nitrogens with one attached hydrogen (secondary N) is 1. The highest BCUT2D eigenvalue weighted by Crippen LogP contribution is 2.30. The summed E-state index contributed by atoms with van der Waals surface area (Å²) in [4.78, 5) is 0.101. The van der Waals surface area contributed by atoms with Crippen LogP contribution in [0.4, 0.5) is 5.69 Å². The Balaban J connectivity index is 2.31. The number of ether oxygens (including phenoxy) is 2. The largest absolute Gasteiger partial charge is 0.493 e. The first-order valence-corrected chi connectivity index (χ1v) is 10.1. The summed E-state index contributed by atoms with van der Waals surface area (Å²) in [6.45, 7) is 0. The lowest BCUT2D eigenvalue weighted by Crippen LogP contribution is -2.13. The summed E-state index contributed by atoms with van der Waals surface area (Å²) >= 11 is 0. The highest BCUT2D eigenvalue weighted by atomic mass is 32.2. The van der Waals surface area contributed by atoms with Crippen LogP contribution in [-0.2, 0) is 19.9 Å². The zero-order valence-electron chi connectivity index (χ0n) is 13.3. The molecule has 1 N–H and O–H groups in total. The lowest BCUT2D eigenvalue weighted by atomic mass is 10.3. The van der Waals surface area contributed by atoms with Crippen LogP contribution < -0.4 is 14.2 Å². The van der Waals surface area contributed by atoms with Crippen molar-refractivity contribution in [1.82, 2.24) is 0 Å². The summed E-state index contributed by atoms with van der Waals surface area (Å²) in [5, 5.41) is 0. The van der Waals surface area contributed by atoms with Crippen LogP contribution in [-0.4, -0.2) is 37.3 Å². The van der Waals surface area contributed by atoms with Gasteiger partial charge in [0.25, 0.3) is 10.0 Å². The molecule has 2 rings (SSSR count). The molecule has 0 atom stereocenters. The van der Waals surface area contributed by atoms with Crippen molar-refractivity contribution < 1.29 is 26.3 Å². The van der Waals surface area contributed by atoms with Gasteiger partial charge in [-0.15, -0.1) is 0 Å². The third-order valence-electron chi connectivity index (χ3n) is 3.20. The molecule has 0 amide bonds. The fourth-order valence-corrected chi connectivity index (χ4v) is 3.67. The van der Waals surface area contributed by atoms with Crippen LogP contribution in [0.5, 0.6) is 11.5 Å². The number of benzene rings is 2. The van der Waals surface area contributed by atoms with Crippen LogP contribution in [0.1, 0.15) is 0 Å². The zero-order chi connectivity index (χ0) is 18.0. The minimum atomic E-state index is -3.85. The van der Waals surface area contributed by atoms with Crippen LogP contribution in [0.2, 0.25) is 0 Å². The van der Waals surface area contributed by atoms with E-state index in [4.69, 9.17) is 9.47 Å². The Bertz CT molecular complexity index is 934. The molecule has 0 saturated heterocycles. The average molecular weight is 371 g/mol. The predicted octanol–water partition coefficient (Wildman–Crippen LogP) is 1.91. The van der Waals surface area contributed by atoms with E-state index in [1.165, 1.54) is 56.7 Å². The maximum Gasteiger partial charge on any atom is 0.262 e. The van der Waals surface area contributed by atoms with Gasteiger partial charge in [0.05, 0.1) is 24.0 Å². The summed E-state index contributed by atoms with van der Waals surface area (Å²) in [5.41, 5.74) is 0.247. The van der Waals surface area contributed by atoms with Gasteiger partial charge < -0.3 is 9.47 Å². The van der Waals surface area contributed by atoms with Crippen molar-refractivity contribution in [1.29, 1.82) is 0 Å². The number of rotatable bonds is 6. The van der Waals surface area contributed by atoms with Crippen molar-refractivity contribution in [2.24, 2.45) is 0 Å². The number of methoxy groups -OCH3 is 2. The van der Waals surface area contributed by atoms with Gasteiger partial charge in [-0.05, 0) is 36.4 Å². The molecule has 0 aliphatic carbocycles. The first kappa shape index (κ1) is 18.1. The molecule has 0 unspecified atom stereocenters. The van der Waals surface area contributed by atoms with Gasteiger partial charge in [0.2, 0.25) is 0 Å². The summed E-state index contributed by atoms with van der Waals surface area (Å²) < 4.78 is 60.2. The van der Waals surface area contributed by atoms with Gasteiger partial charge in [0.15, 0.2) is 21.3 Å². The Morgan fingerprint density at radius 1 is 0.792 bits per heavy atom. The molecule has 0 spiro atoms. The highest BCUT2D eigenvalue weighted by molar-refractivity contribution is 7.92. The predicted molar refractivity (Wildman–Crippen MR) is 89.9 cm³/mol. The standard InChI is InChI=1S/C15H17NO6S2/c1-21-14-9-8-13(10-15(14)22-2)24(19,20)16-11-4-6-12(7-5-11)23(3,17)18/h4-10,16H,1-3H3. The minimum absolute atomic E-state index is 0.00709. The monoisotopic (exact) mass is 371 g/mol. The molecule has 0 fully saturated rings. The molecule has 2 aromatic rings. The van der Waals surface area contributed by atoms with Gasteiger partial charge in [0.1, 0.15) is 0 Å². The number of hydrogen-bond acceptors (Lipinski definition) is 6. The molecule has 130 valence electrons. The van der Waals surface area contributed by atoms with Crippen molar-refractivity contribution >= 4 is 25.5 Å². The summed E-state index contributed by atoms with van der Waals surface area (Å²) in [5.74, 6) is 0.696. The maximum absolute atomic E-state index is 12.4. The third kappa shape index (κ3) is 3.98. The summed E-state index contributed by atoms with van der Waals surface area (Å²) in [6.07, 6.45) is 1.08. The Kier molecular flexibility index (Phi) is 5.05. The Morgan fingerprint density at radius 3 is 1.83 bits per heavy atom. The average Bonchev–Trinajstić information content (AvgIpc) is 2.53. The number of hydrogen-bond donors (Lipinski definition) is 1. The first-order chi connectivity index (χ1) is 11.2. The van der Waals surface area contributed by atoms with E-state index in [0.29, 0.717) is 5.75 Å². The molecular formula is C15H17NO6S2. The molecule has 0 aliphatic rings. The van der Waals surface area contributed by atoms with E-state index in [2.05, 4.69) is 4.72 Å². The van der Waals surface area contributed by atoms with Gasteiger partial charge in [-0.25, -0.2) is 16.8 Å². The molecule has 0 heterocycles. The van der Waals surface area contributed by atoms with E-state index in [9.17, 15) is 16.8 Å². The van der Waals surface area contributed by atoms with Crippen LogP contribution in [0.15, 0.2) is 52.3 Å². The van der Waals surface area contributed by atoms with Crippen molar-refractivity contribution in [3.05, 3.63) is 42.5 Å². The van der Waals surface area contributed by atoms with Crippen molar-refractivity contribution in [2.75, 3.05) is 25.2 Å². The Morgan fingerprint density at radius 2 is 1.33 bits per heavy atom. The van der Waals surface area contributed by atoms with E-state index < -0.39 is 19.9 Å². The van der Waals surface area contributed by atoms with Crippen LogP contribution >= 0.6 is 0 Å². The SMILES string of the molecule is COc1ccc(S(=O)(=O)Nc2ccc(S(C)(=O)=O)cc2)cc1OC. The number of sulfonamides is 1. The first-order valence-electron chi connectivity index (χ1n) is 6.72. The Labute approximate surface area is 141 Å². The summed E-state index contributed by atoms with van der Waals surface area (Å²) in [6, 6.07) is 9.65. The molecule has 7 nitrogen and oxygen atoms in total. The molecular weight excluding hydrogens is 354 g/mol. The second-order valence-electron chi connectivity index (χ2n) is 4.92. The Hall–Kier alpha value is -2.26. The van der Waals surface area contributed by atoms with Gasteiger partial charge in [-0.2, -0.15) is 0 Å². The molecule has 0 saturated carbocycles. The minimum Gasteiger partial charge on any atom is -0.493 e. The van der Waals surface area contributed by atoms with Crippen LogP contribution in [0.25, 0.3) is 0 Å². The topological polar surface area (TPSA) is 98.8 Å². The molecule has 0 aliphatic heterocycles. The smallest absolute Gasteiger partial charge is 0.262 e. The zero-order valence-corrected chi connectivity index (χ0v) is 14.9. The lowest BCUT2D eigenvalue weighted by Gasteiger charge is -2.12. The van der Waals surface area contributed by atoms with E-state index >= 15 is 0 Å². The van der Waals surface area contributed by atoms with E-state index in [1.807, 2.05) is 0 Å². The molecule has 9 heteroatoms. The number of anilines is 1. The van der Waals surface area contributed by atoms with E-state index in [1.54, 1.807) is 0 Å². The molecule has 24 heavy (non-hydrogen) atoms. The quantitative estimate of drug-likeness (QED) is 0.833. The lowest BCUT2D eigenvalue weighted by molar-refractivity contribution is 0.354. The fraction of sp³-hybridized carbons (Fsp3) is 0.200. The van der Waals surface area contributed by atoms with Crippen LogP contribution in [0.3, 0.4) is 0 Å². The van der Waals surface area contributed by atoms with Gasteiger partial charge in [0, 0.05) is 18.0 Å². The molecule has 0 bridgehead atoms. The maximum atomic E-state index is 12.4. The van der Waals surface area contributed by atoms with E-state index in [-0.39, 0.29) is 21.2 Å². The fourth-order valence-electron chi connectivity index (χ4n) is 1.97. The molecule has 0 radical (unpaired) electrons. The van der Waals surface area contributed by atoms with Crippen molar-refractivity contribution in [3.63, 3.8) is 0 Å². The normalized spacial score (nSPS) is 11.8. The van der Waals surface area contributed by atoms with Crippen molar-refractivity contribution in [2.45, 2.75) is 9.79 Å².